The molecule has 44 heavy (non-hydrogen) atoms. The topological polar surface area (TPSA) is 99.6 Å². The molecule has 10 atom stereocenters. The molecule has 0 saturated heterocycles. The van der Waals surface area contributed by atoms with Crippen molar-refractivity contribution in [3.63, 3.8) is 0 Å². The van der Waals surface area contributed by atoms with Crippen molar-refractivity contribution in [3.05, 3.63) is 0 Å². The van der Waals surface area contributed by atoms with Gasteiger partial charge in [0.1, 0.15) is 0 Å². The molecule has 4 aliphatic rings. The fraction of sp³-hybridized carbons (Fsp3) is 0.974. The van der Waals surface area contributed by atoms with Crippen LogP contribution in [-0.2, 0) is 14.3 Å². The van der Waals surface area contributed by atoms with Gasteiger partial charge >= 0.3 is 0 Å². The number of rotatable bonds is 19. The maximum absolute atomic E-state index is 12.9. The molecule has 6 heteroatoms. The molecule has 0 aromatic rings. The Kier molecular flexibility index (Phi) is 14.3. The van der Waals surface area contributed by atoms with Gasteiger partial charge in [-0.05, 0) is 118 Å². The second-order valence-corrected chi connectivity index (χ2v) is 15.9. The molecule has 4 fully saturated rings. The molecule has 0 aromatic carbocycles. The Hall–Kier alpha value is -0.690. The van der Waals surface area contributed by atoms with Gasteiger partial charge in [-0.1, -0.05) is 72.6 Å². The molecule has 4 saturated carbocycles. The van der Waals surface area contributed by atoms with Crippen LogP contribution in [-0.4, -0.2) is 51.0 Å². The van der Waals surface area contributed by atoms with Crippen LogP contribution in [0, 0.1) is 46.3 Å². The van der Waals surface area contributed by atoms with E-state index < -0.39 is 0 Å². The number of hydrogen-bond donors (Lipinski definition) is 3. The van der Waals surface area contributed by atoms with E-state index in [1.165, 1.54) is 77.0 Å². The summed E-state index contributed by atoms with van der Waals surface area (Å²) >= 11 is 0. The highest BCUT2D eigenvalue weighted by Gasteiger charge is 2.66. The summed E-state index contributed by atoms with van der Waals surface area (Å²) in [6.45, 7) is 13.7. The van der Waals surface area contributed by atoms with Gasteiger partial charge in [0.05, 0.1) is 12.2 Å². The lowest BCUT2D eigenvalue weighted by molar-refractivity contribution is -0.221. The number of fused-ring (bicyclic) bond motifs is 5. The van der Waals surface area contributed by atoms with E-state index >= 15 is 0 Å². The first-order valence-electron chi connectivity index (χ1n) is 19.2. The Balaban J connectivity index is 1.46. The van der Waals surface area contributed by atoms with Crippen LogP contribution in [0.2, 0.25) is 0 Å². The van der Waals surface area contributed by atoms with Gasteiger partial charge in [0.25, 0.3) is 0 Å². The second-order valence-electron chi connectivity index (χ2n) is 15.9. The number of nitrogens with one attached hydrogen (secondary N) is 1. The average Bonchev–Trinajstić information content (AvgIpc) is 3.38. The number of unbranched alkanes of at least 4 members (excludes halogenated alkanes) is 5. The summed E-state index contributed by atoms with van der Waals surface area (Å²) in [7, 11) is 0. The summed E-state index contributed by atoms with van der Waals surface area (Å²) in [6, 6.07) is 0. The first-order valence-corrected chi connectivity index (χ1v) is 19.2. The highest BCUT2D eigenvalue weighted by Crippen LogP contribution is 2.69. The van der Waals surface area contributed by atoms with Gasteiger partial charge in [-0.25, -0.2) is 0 Å². The number of carbonyl (C=O) groups excluding carboxylic acids is 1. The van der Waals surface area contributed by atoms with Crippen LogP contribution in [0.3, 0.4) is 0 Å². The van der Waals surface area contributed by atoms with Crippen LogP contribution < -0.4 is 16.8 Å². The summed E-state index contributed by atoms with van der Waals surface area (Å²) in [6.07, 6.45) is 22.0. The monoisotopic (exact) mass is 618 g/mol. The van der Waals surface area contributed by atoms with Crippen LogP contribution in [0.1, 0.15) is 143 Å². The number of nitrogens with two attached hydrogens (primary N) is 2. The molecule has 0 bridgehead atoms. The zero-order valence-corrected chi connectivity index (χ0v) is 29.3. The maximum atomic E-state index is 12.9. The standard InChI is InChI=1S/C38H71N3O3/c1-5-6-7-8-9-12-23-41-35(42)19-16-28(2)30-17-18-31-36-32(27-34(38(30,31)4)44-25-14-22-40)37(3)20-11-10-15-29(37)26-33(36)43-24-13-21-39/h28-34,36H,5-27,39-40H2,1-4H3,(H,41,42)/t28-,29?,30?,31-,32-,33+,34-,36?,37-,38+/m0/s1. The van der Waals surface area contributed by atoms with Crippen molar-refractivity contribution < 1.29 is 14.3 Å². The van der Waals surface area contributed by atoms with Crippen molar-refractivity contribution in [3.8, 4) is 0 Å². The number of carbonyl (C=O) groups is 1. The lowest BCUT2D eigenvalue weighted by Gasteiger charge is -2.64. The van der Waals surface area contributed by atoms with E-state index in [1.54, 1.807) is 0 Å². The highest BCUT2D eigenvalue weighted by molar-refractivity contribution is 5.75. The summed E-state index contributed by atoms with van der Waals surface area (Å²) in [5.41, 5.74) is 12.4. The van der Waals surface area contributed by atoms with Gasteiger partial charge < -0.3 is 26.3 Å². The lowest BCUT2D eigenvalue weighted by Crippen LogP contribution is -2.62. The van der Waals surface area contributed by atoms with Crippen LogP contribution in [0.5, 0.6) is 0 Å². The summed E-state index contributed by atoms with van der Waals surface area (Å²) < 4.78 is 13.8. The van der Waals surface area contributed by atoms with Crippen molar-refractivity contribution in [2.75, 3.05) is 32.8 Å². The van der Waals surface area contributed by atoms with Gasteiger partial charge in [-0.15, -0.1) is 0 Å². The Morgan fingerprint density at radius 3 is 2.36 bits per heavy atom. The zero-order chi connectivity index (χ0) is 31.6. The van der Waals surface area contributed by atoms with Crippen molar-refractivity contribution in [1.29, 1.82) is 0 Å². The summed E-state index contributed by atoms with van der Waals surface area (Å²) in [5, 5.41) is 3.23. The predicted octanol–water partition coefficient (Wildman–Crippen LogP) is 7.62. The number of hydrogen-bond acceptors (Lipinski definition) is 5. The largest absolute Gasteiger partial charge is 0.378 e. The van der Waals surface area contributed by atoms with E-state index in [2.05, 4.69) is 33.0 Å². The Labute approximate surface area is 271 Å². The Morgan fingerprint density at radius 1 is 0.886 bits per heavy atom. The zero-order valence-electron chi connectivity index (χ0n) is 29.3. The average molecular weight is 618 g/mol. The number of ether oxygens (including phenoxy) is 2. The first kappa shape index (κ1) is 36.2. The SMILES string of the molecule is CCCCCCCCNC(=O)CC[C@H](C)C1CC[C@H]2C3[C@H](OCCCN)CC4CCCC[C@]4(C)[C@H]3C[C@H](OCCCN)[C@]12C. The van der Waals surface area contributed by atoms with Gasteiger partial charge in [0, 0.05) is 31.6 Å². The molecule has 6 nitrogen and oxygen atoms in total. The third kappa shape index (κ3) is 8.23. The Bertz CT molecular complexity index is 855. The molecular formula is C38H71N3O3. The maximum Gasteiger partial charge on any atom is 0.220 e. The Morgan fingerprint density at radius 2 is 1.61 bits per heavy atom. The van der Waals surface area contributed by atoms with Gasteiger partial charge in [0.2, 0.25) is 5.91 Å². The van der Waals surface area contributed by atoms with Crippen LogP contribution in [0.15, 0.2) is 0 Å². The molecule has 3 unspecified atom stereocenters. The third-order valence-corrected chi connectivity index (χ3v) is 13.4. The molecule has 0 aromatic heterocycles. The first-order chi connectivity index (χ1) is 21.3. The van der Waals surface area contributed by atoms with Crippen LogP contribution in [0.25, 0.3) is 0 Å². The lowest BCUT2D eigenvalue weighted by atomic mass is 9.43. The second kappa shape index (κ2) is 17.5. The van der Waals surface area contributed by atoms with Crippen molar-refractivity contribution in [2.24, 2.45) is 57.8 Å². The predicted molar refractivity (Wildman–Crippen MR) is 182 cm³/mol. The molecular weight excluding hydrogens is 546 g/mol. The highest BCUT2D eigenvalue weighted by atomic mass is 16.5. The third-order valence-electron chi connectivity index (χ3n) is 13.4. The molecule has 4 aliphatic carbocycles. The van der Waals surface area contributed by atoms with Crippen LogP contribution in [0.4, 0.5) is 0 Å². The van der Waals surface area contributed by atoms with E-state index in [1.807, 2.05) is 0 Å². The molecule has 4 rings (SSSR count). The van der Waals surface area contributed by atoms with Gasteiger partial charge in [-0.2, -0.15) is 0 Å². The van der Waals surface area contributed by atoms with Crippen molar-refractivity contribution >= 4 is 5.91 Å². The fourth-order valence-electron chi connectivity index (χ4n) is 11.0. The molecule has 1 amide bonds. The minimum atomic E-state index is 0.109. The molecule has 5 N–H and O–H groups in total. The normalized spacial score (nSPS) is 37.2. The van der Waals surface area contributed by atoms with Crippen molar-refractivity contribution in [2.45, 2.75) is 155 Å². The van der Waals surface area contributed by atoms with Crippen LogP contribution >= 0.6 is 0 Å². The molecule has 0 radical (unpaired) electrons. The molecule has 0 heterocycles. The van der Waals surface area contributed by atoms with Crippen molar-refractivity contribution in [1.82, 2.24) is 5.32 Å². The molecule has 0 spiro atoms. The molecule has 256 valence electrons. The molecule has 0 aliphatic heterocycles. The van der Waals surface area contributed by atoms with E-state index in [-0.39, 0.29) is 17.4 Å². The minimum absolute atomic E-state index is 0.109. The van der Waals surface area contributed by atoms with E-state index in [9.17, 15) is 4.79 Å². The van der Waals surface area contributed by atoms with E-state index in [0.29, 0.717) is 60.6 Å². The van der Waals surface area contributed by atoms with E-state index in [4.69, 9.17) is 20.9 Å². The smallest absolute Gasteiger partial charge is 0.220 e. The summed E-state index contributed by atoms with van der Waals surface area (Å²) in [5.74, 6) is 3.95. The fourth-order valence-corrected chi connectivity index (χ4v) is 11.0. The quantitative estimate of drug-likeness (QED) is 0.130. The summed E-state index contributed by atoms with van der Waals surface area (Å²) in [4.78, 5) is 12.9. The number of amides is 1. The van der Waals surface area contributed by atoms with E-state index in [0.717, 1.165) is 57.8 Å². The minimum Gasteiger partial charge on any atom is -0.378 e. The van der Waals surface area contributed by atoms with Gasteiger partial charge in [-0.3, -0.25) is 4.79 Å². The van der Waals surface area contributed by atoms with Gasteiger partial charge in [0.15, 0.2) is 0 Å².